The first-order valence-electron chi connectivity index (χ1n) is 1.60. The van der Waals surface area contributed by atoms with Crippen molar-refractivity contribution in [1.29, 1.82) is 0 Å². The van der Waals surface area contributed by atoms with Gasteiger partial charge in [-0.2, -0.15) is 0 Å². The SMILES string of the molecule is NS(=O)(=O)C(=O)CCl. The smallest absolute Gasteiger partial charge is 0.275 e. The predicted molar refractivity (Wildman–Crippen MR) is 28.8 cm³/mol. The van der Waals surface area contributed by atoms with Crippen molar-refractivity contribution in [2.75, 3.05) is 5.88 Å². The van der Waals surface area contributed by atoms with Crippen LogP contribution in [-0.4, -0.2) is 19.4 Å². The van der Waals surface area contributed by atoms with E-state index >= 15 is 0 Å². The Labute approximate surface area is 51.7 Å². The molecule has 4 nitrogen and oxygen atoms in total. The number of carbonyl (C=O) groups excluding carboxylic acids is 1. The average Bonchev–Trinajstić information content (AvgIpc) is 1.62. The lowest BCUT2D eigenvalue weighted by Crippen LogP contribution is -2.24. The Morgan fingerprint density at radius 2 is 2.00 bits per heavy atom. The molecule has 0 atom stereocenters. The van der Waals surface area contributed by atoms with Crippen molar-refractivity contribution in [1.82, 2.24) is 0 Å². The summed E-state index contributed by atoms with van der Waals surface area (Å²) in [6.07, 6.45) is 0. The number of hydrogen-bond acceptors (Lipinski definition) is 3. The van der Waals surface area contributed by atoms with Crippen LogP contribution in [-0.2, 0) is 14.8 Å². The highest BCUT2D eigenvalue weighted by molar-refractivity contribution is 8.04. The Morgan fingerprint density at radius 3 is 2.00 bits per heavy atom. The van der Waals surface area contributed by atoms with Crippen molar-refractivity contribution in [2.45, 2.75) is 0 Å². The van der Waals surface area contributed by atoms with Crippen LogP contribution in [0.1, 0.15) is 0 Å². The van der Waals surface area contributed by atoms with Gasteiger partial charge in [-0.05, 0) is 0 Å². The van der Waals surface area contributed by atoms with Gasteiger partial charge in [-0.1, -0.05) is 0 Å². The Bertz CT molecular complexity index is 183. The quantitative estimate of drug-likeness (QED) is 0.498. The lowest BCUT2D eigenvalue weighted by Gasteiger charge is -1.86. The van der Waals surface area contributed by atoms with Crippen molar-refractivity contribution in [3.63, 3.8) is 0 Å². The van der Waals surface area contributed by atoms with Crippen LogP contribution in [0.3, 0.4) is 0 Å². The Kier molecular flexibility index (Phi) is 2.39. The van der Waals surface area contributed by atoms with E-state index in [0.717, 1.165) is 0 Å². The molecule has 8 heavy (non-hydrogen) atoms. The molecule has 0 spiro atoms. The number of carbonyl (C=O) groups is 1. The molecule has 0 fully saturated rings. The number of alkyl halides is 1. The molecule has 0 aromatic carbocycles. The maximum atomic E-state index is 9.99. The van der Waals surface area contributed by atoms with Gasteiger partial charge in [-0.25, -0.2) is 13.6 Å². The van der Waals surface area contributed by atoms with E-state index in [2.05, 4.69) is 5.14 Å². The van der Waals surface area contributed by atoms with Crippen LogP contribution >= 0.6 is 11.6 Å². The van der Waals surface area contributed by atoms with Gasteiger partial charge >= 0.3 is 0 Å². The first-order valence-corrected chi connectivity index (χ1v) is 3.68. The van der Waals surface area contributed by atoms with Crippen LogP contribution < -0.4 is 5.14 Å². The molecule has 0 aliphatic carbocycles. The molecule has 48 valence electrons. The fourth-order valence-electron chi connectivity index (χ4n) is 0.0760. The van der Waals surface area contributed by atoms with Crippen LogP contribution in [0.2, 0.25) is 0 Å². The largest absolute Gasteiger partial charge is 0.279 e. The Balaban J connectivity index is 4.29. The summed E-state index contributed by atoms with van der Waals surface area (Å²) in [6.45, 7) is 0. The standard InChI is InChI=1S/C2H4ClNO3S/c3-1-2(5)8(4,6)7/h1H2,(H2,4,6,7). The van der Waals surface area contributed by atoms with Crippen LogP contribution in [0.15, 0.2) is 0 Å². The van der Waals surface area contributed by atoms with Gasteiger partial charge in [0, 0.05) is 0 Å². The number of hydrogen-bond donors (Lipinski definition) is 1. The number of sulfonamides is 1. The molecule has 0 unspecified atom stereocenters. The molecule has 0 aromatic heterocycles. The number of halogens is 1. The zero-order valence-corrected chi connectivity index (χ0v) is 5.37. The van der Waals surface area contributed by atoms with Crippen molar-refractivity contribution < 1.29 is 13.2 Å². The molecular weight excluding hydrogens is 154 g/mol. The third kappa shape index (κ3) is 2.25. The van der Waals surface area contributed by atoms with Gasteiger partial charge < -0.3 is 0 Å². The first kappa shape index (κ1) is 7.87. The monoisotopic (exact) mass is 157 g/mol. The Morgan fingerprint density at radius 1 is 1.62 bits per heavy atom. The number of nitrogens with two attached hydrogens (primary N) is 1. The second-order valence-electron chi connectivity index (χ2n) is 1.05. The van der Waals surface area contributed by atoms with E-state index in [1.54, 1.807) is 0 Å². The molecule has 0 radical (unpaired) electrons. The molecule has 0 amide bonds. The van der Waals surface area contributed by atoms with Crippen LogP contribution in [0.4, 0.5) is 0 Å². The van der Waals surface area contributed by atoms with Gasteiger partial charge in [0.05, 0.1) is 5.88 Å². The average molecular weight is 158 g/mol. The molecule has 2 N–H and O–H groups in total. The lowest BCUT2D eigenvalue weighted by molar-refractivity contribution is -0.109. The van der Waals surface area contributed by atoms with Crippen LogP contribution in [0, 0.1) is 0 Å². The summed E-state index contributed by atoms with van der Waals surface area (Å²) in [5.74, 6) is -0.584. The molecule has 6 heteroatoms. The van der Waals surface area contributed by atoms with Crippen molar-refractivity contribution in [3.8, 4) is 0 Å². The third-order valence-corrected chi connectivity index (χ3v) is 1.61. The highest BCUT2D eigenvalue weighted by atomic mass is 35.5. The zero-order valence-electron chi connectivity index (χ0n) is 3.80. The minimum atomic E-state index is -4.02. The van der Waals surface area contributed by atoms with Gasteiger partial charge in [0.1, 0.15) is 0 Å². The van der Waals surface area contributed by atoms with Gasteiger partial charge in [0.15, 0.2) is 0 Å². The van der Waals surface area contributed by atoms with Gasteiger partial charge in [0.25, 0.3) is 15.1 Å². The molecule has 0 saturated heterocycles. The molecule has 0 heterocycles. The van der Waals surface area contributed by atoms with Crippen LogP contribution in [0.5, 0.6) is 0 Å². The van der Waals surface area contributed by atoms with E-state index in [0.29, 0.717) is 0 Å². The van der Waals surface area contributed by atoms with E-state index in [1.807, 2.05) is 0 Å². The van der Waals surface area contributed by atoms with Crippen molar-refractivity contribution in [3.05, 3.63) is 0 Å². The fourth-order valence-corrected chi connectivity index (χ4v) is 0.684. The molecule has 0 aliphatic heterocycles. The summed E-state index contributed by atoms with van der Waals surface area (Å²) in [7, 11) is -4.02. The summed E-state index contributed by atoms with van der Waals surface area (Å²) in [6, 6.07) is 0. The fraction of sp³-hybridized carbons (Fsp3) is 0.500. The van der Waals surface area contributed by atoms with Gasteiger partial charge in [0.2, 0.25) is 0 Å². The molecule has 0 aliphatic rings. The van der Waals surface area contributed by atoms with Crippen molar-refractivity contribution >= 4 is 26.7 Å². The van der Waals surface area contributed by atoms with E-state index in [1.165, 1.54) is 0 Å². The maximum Gasteiger partial charge on any atom is 0.275 e. The first-order chi connectivity index (χ1) is 3.48. The van der Waals surface area contributed by atoms with Gasteiger partial charge in [-0.15, -0.1) is 11.6 Å². The number of rotatable bonds is 1. The topological polar surface area (TPSA) is 77.2 Å². The highest BCUT2D eigenvalue weighted by Gasteiger charge is 2.13. The maximum absolute atomic E-state index is 9.99. The van der Waals surface area contributed by atoms with E-state index in [4.69, 9.17) is 11.6 Å². The third-order valence-electron chi connectivity index (χ3n) is 0.426. The summed E-state index contributed by atoms with van der Waals surface area (Å²) < 4.78 is 19.8. The highest BCUT2D eigenvalue weighted by Crippen LogP contribution is 1.83. The summed E-state index contributed by atoms with van der Waals surface area (Å²) in [5.41, 5.74) is 0. The van der Waals surface area contributed by atoms with Crippen molar-refractivity contribution in [2.24, 2.45) is 5.14 Å². The summed E-state index contributed by atoms with van der Waals surface area (Å²) in [5, 5.41) is 3.17. The summed E-state index contributed by atoms with van der Waals surface area (Å²) in [4.78, 5) is 9.99. The van der Waals surface area contributed by atoms with E-state index in [-0.39, 0.29) is 0 Å². The number of primary sulfonamides is 1. The molecular formula is C2H4ClNO3S. The minimum Gasteiger partial charge on any atom is -0.279 e. The van der Waals surface area contributed by atoms with E-state index < -0.39 is 21.0 Å². The van der Waals surface area contributed by atoms with E-state index in [9.17, 15) is 13.2 Å². The lowest BCUT2D eigenvalue weighted by atomic mass is 10.9. The predicted octanol–water partition coefficient (Wildman–Crippen LogP) is -0.960. The van der Waals surface area contributed by atoms with Crippen LogP contribution in [0.25, 0.3) is 0 Å². The second-order valence-corrected chi connectivity index (χ2v) is 2.86. The zero-order chi connectivity index (χ0) is 6.78. The molecule has 0 saturated carbocycles. The van der Waals surface area contributed by atoms with Gasteiger partial charge in [-0.3, -0.25) is 4.79 Å². The molecule has 0 bridgehead atoms. The minimum absolute atomic E-state index is 0.584. The molecule has 0 aromatic rings. The second kappa shape index (κ2) is 2.43. The summed E-state index contributed by atoms with van der Waals surface area (Å²) >= 11 is 4.83. The Hall–Kier alpha value is -0.130. The normalized spacial score (nSPS) is 11.2. The molecule has 0 rings (SSSR count).